The van der Waals surface area contributed by atoms with Crippen LogP contribution in [-0.4, -0.2) is 29.9 Å². The molecule has 0 bridgehead atoms. The predicted molar refractivity (Wildman–Crippen MR) is 67.7 cm³/mol. The molecular weight excluding hydrogens is 220 g/mol. The van der Waals surface area contributed by atoms with Crippen molar-refractivity contribution in [2.75, 3.05) is 6.54 Å². The third kappa shape index (κ3) is 11.5. The summed E-state index contributed by atoms with van der Waals surface area (Å²) in [6.07, 6.45) is -0.415. The minimum absolute atomic E-state index is 0.0155. The Balaban J connectivity index is 3.77. The van der Waals surface area contributed by atoms with Crippen LogP contribution in [-0.2, 0) is 9.57 Å². The van der Waals surface area contributed by atoms with Gasteiger partial charge < -0.3 is 10.1 Å². The van der Waals surface area contributed by atoms with E-state index in [0.29, 0.717) is 6.54 Å². The zero-order valence-electron chi connectivity index (χ0n) is 12.0. The molecule has 5 heteroatoms. The van der Waals surface area contributed by atoms with Gasteiger partial charge in [-0.1, -0.05) is 0 Å². The Labute approximate surface area is 104 Å². The lowest BCUT2D eigenvalue weighted by Gasteiger charge is -2.24. The summed E-state index contributed by atoms with van der Waals surface area (Å²) in [5.74, 6) is 0. The number of hydroxylamine groups is 1. The van der Waals surface area contributed by atoms with Crippen LogP contribution in [0.25, 0.3) is 0 Å². The summed E-state index contributed by atoms with van der Waals surface area (Å²) >= 11 is 0. The highest BCUT2D eigenvalue weighted by Crippen LogP contribution is 2.06. The maximum Gasteiger partial charge on any atom is 0.407 e. The van der Waals surface area contributed by atoms with E-state index in [1.807, 2.05) is 48.5 Å². The molecule has 17 heavy (non-hydrogen) atoms. The molecule has 1 amide bonds. The molecule has 2 N–H and O–H groups in total. The van der Waals surface area contributed by atoms with Crippen LogP contribution in [0.15, 0.2) is 0 Å². The summed E-state index contributed by atoms with van der Waals surface area (Å²) in [6.45, 7) is 13.7. The summed E-state index contributed by atoms with van der Waals surface area (Å²) < 4.78 is 5.11. The fourth-order valence-corrected chi connectivity index (χ4v) is 0.870. The summed E-state index contributed by atoms with van der Waals surface area (Å²) in [4.78, 5) is 16.7. The first-order chi connectivity index (χ1) is 7.49. The van der Waals surface area contributed by atoms with Gasteiger partial charge in [0.2, 0.25) is 0 Å². The van der Waals surface area contributed by atoms with Crippen molar-refractivity contribution in [1.82, 2.24) is 10.8 Å². The van der Waals surface area contributed by atoms with Crippen molar-refractivity contribution >= 4 is 6.09 Å². The van der Waals surface area contributed by atoms with Gasteiger partial charge in [0, 0.05) is 12.6 Å². The highest BCUT2D eigenvalue weighted by molar-refractivity contribution is 5.67. The Morgan fingerprint density at radius 2 is 1.65 bits per heavy atom. The zero-order valence-corrected chi connectivity index (χ0v) is 12.0. The Morgan fingerprint density at radius 1 is 1.12 bits per heavy atom. The minimum atomic E-state index is -0.470. The topological polar surface area (TPSA) is 59.6 Å². The second-order valence-electron chi connectivity index (χ2n) is 6.12. The van der Waals surface area contributed by atoms with Gasteiger partial charge in [-0.05, 0) is 48.5 Å². The van der Waals surface area contributed by atoms with Gasteiger partial charge in [-0.25, -0.2) is 4.79 Å². The van der Waals surface area contributed by atoms with Crippen LogP contribution < -0.4 is 10.8 Å². The van der Waals surface area contributed by atoms with Gasteiger partial charge in [0.25, 0.3) is 0 Å². The molecule has 0 aliphatic heterocycles. The molecule has 0 aromatic rings. The van der Waals surface area contributed by atoms with Gasteiger partial charge in [0.1, 0.15) is 5.60 Å². The van der Waals surface area contributed by atoms with E-state index in [9.17, 15) is 4.79 Å². The smallest absolute Gasteiger partial charge is 0.407 e. The predicted octanol–water partition coefficient (Wildman–Crippen LogP) is 2.22. The number of nitrogens with one attached hydrogen (secondary N) is 2. The Hall–Kier alpha value is -0.810. The van der Waals surface area contributed by atoms with Crippen LogP contribution >= 0.6 is 0 Å². The molecule has 0 heterocycles. The molecule has 0 fully saturated rings. The van der Waals surface area contributed by atoms with E-state index in [0.717, 1.165) is 0 Å². The van der Waals surface area contributed by atoms with Crippen LogP contribution in [0.4, 0.5) is 4.79 Å². The van der Waals surface area contributed by atoms with E-state index in [1.165, 1.54) is 0 Å². The average molecular weight is 246 g/mol. The second kappa shape index (κ2) is 6.21. The third-order valence-corrected chi connectivity index (χ3v) is 1.52. The van der Waals surface area contributed by atoms with Crippen molar-refractivity contribution in [2.24, 2.45) is 0 Å². The number of carbonyl (C=O) groups excluding carboxylic acids is 1. The average Bonchev–Trinajstić information content (AvgIpc) is 2.07. The number of hydrogen-bond acceptors (Lipinski definition) is 4. The van der Waals surface area contributed by atoms with Crippen LogP contribution in [0.3, 0.4) is 0 Å². The molecular formula is C12H26N2O3. The molecule has 0 aliphatic rings. The van der Waals surface area contributed by atoms with E-state index < -0.39 is 11.7 Å². The normalized spacial score (nSPS) is 14.3. The van der Waals surface area contributed by atoms with Crippen molar-refractivity contribution in [1.29, 1.82) is 0 Å². The van der Waals surface area contributed by atoms with Crippen molar-refractivity contribution in [3.8, 4) is 0 Å². The standard InChI is InChI=1S/C12H26N2O3/c1-9(14-17-12(5,6)7)8-13-10(15)16-11(2,3)4/h9,14H,8H2,1-7H3,(H,13,15). The third-order valence-electron chi connectivity index (χ3n) is 1.52. The molecule has 0 saturated heterocycles. The molecule has 0 aromatic carbocycles. The zero-order chi connectivity index (χ0) is 13.7. The van der Waals surface area contributed by atoms with Gasteiger partial charge in [0.05, 0.1) is 5.60 Å². The van der Waals surface area contributed by atoms with E-state index in [-0.39, 0.29) is 11.6 Å². The largest absolute Gasteiger partial charge is 0.444 e. The fourth-order valence-electron chi connectivity index (χ4n) is 0.870. The number of hydrogen-bond donors (Lipinski definition) is 2. The second-order valence-corrected chi connectivity index (χ2v) is 6.12. The number of carbonyl (C=O) groups is 1. The summed E-state index contributed by atoms with van der Waals surface area (Å²) in [5, 5.41) is 2.67. The summed E-state index contributed by atoms with van der Waals surface area (Å²) in [6, 6.07) is 0.0155. The van der Waals surface area contributed by atoms with Gasteiger partial charge in [-0.2, -0.15) is 5.48 Å². The maximum atomic E-state index is 11.4. The highest BCUT2D eigenvalue weighted by atomic mass is 16.7. The lowest BCUT2D eigenvalue weighted by Crippen LogP contribution is -2.43. The van der Waals surface area contributed by atoms with E-state index in [1.54, 1.807) is 0 Å². The van der Waals surface area contributed by atoms with Crippen molar-refractivity contribution < 1.29 is 14.4 Å². The van der Waals surface area contributed by atoms with Crippen LogP contribution in [0.1, 0.15) is 48.5 Å². The molecule has 1 unspecified atom stereocenters. The molecule has 0 spiro atoms. The fraction of sp³-hybridized carbons (Fsp3) is 0.917. The molecule has 0 aliphatic carbocycles. The van der Waals surface area contributed by atoms with Crippen molar-refractivity contribution in [3.05, 3.63) is 0 Å². The number of rotatable bonds is 4. The molecule has 102 valence electrons. The molecule has 1 atom stereocenters. The molecule has 0 radical (unpaired) electrons. The van der Waals surface area contributed by atoms with Gasteiger partial charge in [-0.3, -0.25) is 4.84 Å². The van der Waals surface area contributed by atoms with Crippen LogP contribution in [0, 0.1) is 0 Å². The summed E-state index contributed by atoms with van der Waals surface area (Å²) in [5.41, 5.74) is 2.15. The Bertz CT molecular complexity index is 241. The SMILES string of the molecule is CC(CNC(=O)OC(C)(C)C)NOC(C)(C)C. The van der Waals surface area contributed by atoms with Crippen molar-refractivity contribution in [3.63, 3.8) is 0 Å². The molecule has 0 aromatic heterocycles. The van der Waals surface area contributed by atoms with Crippen LogP contribution in [0.2, 0.25) is 0 Å². The number of ether oxygens (including phenoxy) is 1. The van der Waals surface area contributed by atoms with E-state index >= 15 is 0 Å². The van der Waals surface area contributed by atoms with E-state index in [2.05, 4.69) is 10.8 Å². The number of amides is 1. The number of alkyl carbamates (subject to hydrolysis) is 1. The molecule has 5 nitrogen and oxygen atoms in total. The lowest BCUT2D eigenvalue weighted by atomic mass is 10.2. The maximum absolute atomic E-state index is 11.4. The molecule has 0 saturated carbocycles. The van der Waals surface area contributed by atoms with Gasteiger partial charge >= 0.3 is 6.09 Å². The first-order valence-electron chi connectivity index (χ1n) is 5.90. The monoisotopic (exact) mass is 246 g/mol. The van der Waals surface area contributed by atoms with E-state index in [4.69, 9.17) is 9.57 Å². The quantitative estimate of drug-likeness (QED) is 0.747. The first kappa shape index (κ1) is 16.2. The highest BCUT2D eigenvalue weighted by Gasteiger charge is 2.17. The lowest BCUT2D eigenvalue weighted by molar-refractivity contribution is -0.0854. The Morgan fingerprint density at radius 3 is 2.06 bits per heavy atom. The minimum Gasteiger partial charge on any atom is -0.444 e. The van der Waals surface area contributed by atoms with Crippen molar-refractivity contribution in [2.45, 2.75) is 65.7 Å². The molecule has 0 rings (SSSR count). The summed E-state index contributed by atoms with van der Waals surface area (Å²) in [7, 11) is 0. The first-order valence-corrected chi connectivity index (χ1v) is 5.90. The van der Waals surface area contributed by atoms with Crippen LogP contribution in [0.5, 0.6) is 0 Å². The van der Waals surface area contributed by atoms with Gasteiger partial charge in [-0.15, -0.1) is 0 Å². The van der Waals surface area contributed by atoms with Gasteiger partial charge in [0.15, 0.2) is 0 Å². The Kier molecular flexibility index (Phi) is 5.92.